The average Bonchev–Trinajstić information content (AvgIpc) is 2.75. The molecule has 19 heavy (non-hydrogen) atoms. The molecule has 0 saturated heterocycles. The van der Waals surface area contributed by atoms with Crippen molar-refractivity contribution in [1.82, 2.24) is 9.55 Å². The zero-order valence-corrected chi connectivity index (χ0v) is 10.7. The molecule has 0 aliphatic heterocycles. The van der Waals surface area contributed by atoms with Crippen molar-refractivity contribution in [2.24, 2.45) is 12.8 Å². The van der Waals surface area contributed by atoms with Gasteiger partial charge in [0.25, 0.3) is 0 Å². The first kappa shape index (κ1) is 11.7. The Morgan fingerprint density at radius 1 is 1.21 bits per heavy atom. The molecule has 3 rings (SSSR count). The van der Waals surface area contributed by atoms with Gasteiger partial charge in [0.05, 0.1) is 11.4 Å². The number of phenols is 1. The Balaban J connectivity index is 2.21. The summed E-state index contributed by atoms with van der Waals surface area (Å²) >= 11 is 0. The van der Waals surface area contributed by atoms with Crippen LogP contribution in [0.1, 0.15) is 5.56 Å². The minimum absolute atomic E-state index is 0.272. The smallest absolute Gasteiger partial charge is 0.116 e. The summed E-state index contributed by atoms with van der Waals surface area (Å²) in [7, 11) is 1.99. The molecule has 0 radical (unpaired) electrons. The highest BCUT2D eigenvalue weighted by atomic mass is 16.3. The van der Waals surface area contributed by atoms with Gasteiger partial charge in [0.15, 0.2) is 0 Å². The van der Waals surface area contributed by atoms with Gasteiger partial charge in [0, 0.05) is 30.7 Å². The van der Waals surface area contributed by atoms with E-state index in [2.05, 4.69) is 9.55 Å². The van der Waals surface area contributed by atoms with Crippen molar-refractivity contribution in [3.8, 4) is 17.1 Å². The van der Waals surface area contributed by atoms with Gasteiger partial charge in [0.1, 0.15) is 5.75 Å². The number of pyridine rings is 1. The zero-order chi connectivity index (χ0) is 13.4. The first-order valence-electron chi connectivity index (χ1n) is 6.13. The summed E-state index contributed by atoms with van der Waals surface area (Å²) in [6.45, 7) is 0.500. The first-order valence-corrected chi connectivity index (χ1v) is 6.13. The highest BCUT2D eigenvalue weighted by molar-refractivity contribution is 5.87. The summed E-state index contributed by atoms with van der Waals surface area (Å²) in [5.74, 6) is 0.272. The summed E-state index contributed by atoms with van der Waals surface area (Å²) in [5, 5.41) is 10.5. The second-order valence-electron chi connectivity index (χ2n) is 4.59. The summed E-state index contributed by atoms with van der Waals surface area (Å²) in [4.78, 5) is 4.40. The van der Waals surface area contributed by atoms with Crippen molar-refractivity contribution in [1.29, 1.82) is 0 Å². The lowest BCUT2D eigenvalue weighted by atomic mass is 10.2. The SMILES string of the molecule is Cn1c(-c2cc(CN)ccn2)cc2cc(O)ccc21. The van der Waals surface area contributed by atoms with E-state index < -0.39 is 0 Å². The van der Waals surface area contributed by atoms with Crippen molar-refractivity contribution in [3.05, 3.63) is 48.2 Å². The number of hydrogen-bond acceptors (Lipinski definition) is 3. The number of phenolic OH excluding ortho intramolecular Hbond substituents is 1. The van der Waals surface area contributed by atoms with Crippen LogP contribution in [0.4, 0.5) is 0 Å². The van der Waals surface area contributed by atoms with E-state index in [1.165, 1.54) is 0 Å². The summed E-state index contributed by atoms with van der Waals surface area (Å²) < 4.78 is 2.07. The lowest BCUT2D eigenvalue weighted by Crippen LogP contribution is -1.98. The fourth-order valence-corrected chi connectivity index (χ4v) is 2.32. The Kier molecular flexibility index (Phi) is 2.72. The van der Waals surface area contributed by atoms with E-state index in [0.29, 0.717) is 6.54 Å². The molecule has 3 N–H and O–H groups in total. The molecule has 0 bridgehead atoms. The number of rotatable bonds is 2. The third-order valence-electron chi connectivity index (χ3n) is 3.35. The number of fused-ring (bicyclic) bond motifs is 1. The molecule has 96 valence electrons. The predicted molar refractivity (Wildman–Crippen MR) is 75.7 cm³/mol. The first-order chi connectivity index (χ1) is 9.19. The van der Waals surface area contributed by atoms with E-state index in [0.717, 1.165) is 27.9 Å². The van der Waals surface area contributed by atoms with Crippen LogP contribution in [-0.2, 0) is 13.6 Å². The van der Waals surface area contributed by atoms with Crippen LogP contribution in [0.15, 0.2) is 42.6 Å². The number of nitrogens with two attached hydrogens (primary N) is 1. The Bertz CT molecular complexity index is 746. The number of benzene rings is 1. The molecule has 4 heteroatoms. The molecule has 0 saturated carbocycles. The number of aromatic hydroxyl groups is 1. The van der Waals surface area contributed by atoms with Crippen LogP contribution in [0.2, 0.25) is 0 Å². The van der Waals surface area contributed by atoms with Crippen molar-refractivity contribution in [3.63, 3.8) is 0 Å². The van der Waals surface area contributed by atoms with Crippen LogP contribution in [0.25, 0.3) is 22.3 Å². The lowest BCUT2D eigenvalue weighted by molar-refractivity contribution is 0.476. The van der Waals surface area contributed by atoms with E-state index in [-0.39, 0.29) is 5.75 Å². The maximum absolute atomic E-state index is 9.54. The Hall–Kier alpha value is -2.33. The summed E-state index contributed by atoms with van der Waals surface area (Å²) in [6.07, 6.45) is 1.77. The standard InChI is InChI=1S/C15H15N3O/c1-18-14-3-2-12(19)7-11(14)8-15(18)13-6-10(9-16)4-5-17-13/h2-8,19H,9,16H2,1H3. The van der Waals surface area contributed by atoms with Gasteiger partial charge in [-0.1, -0.05) is 0 Å². The predicted octanol–water partition coefficient (Wildman–Crippen LogP) is 2.40. The molecule has 1 aromatic carbocycles. The highest BCUT2D eigenvalue weighted by Gasteiger charge is 2.09. The Labute approximate surface area is 111 Å². The molecule has 0 amide bonds. The van der Waals surface area contributed by atoms with Gasteiger partial charge in [-0.2, -0.15) is 0 Å². The van der Waals surface area contributed by atoms with Crippen LogP contribution in [0.5, 0.6) is 5.75 Å². The molecular weight excluding hydrogens is 238 g/mol. The maximum atomic E-state index is 9.54. The van der Waals surface area contributed by atoms with Crippen molar-refractivity contribution in [2.75, 3.05) is 0 Å². The van der Waals surface area contributed by atoms with Crippen LogP contribution < -0.4 is 5.73 Å². The Morgan fingerprint density at radius 2 is 2.05 bits per heavy atom. The second-order valence-corrected chi connectivity index (χ2v) is 4.59. The van der Waals surface area contributed by atoms with Crippen LogP contribution in [0, 0.1) is 0 Å². The van der Waals surface area contributed by atoms with Gasteiger partial charge in [0.2, 0.25) is 0 Å². The largest absolute Gasteiger partial charge is 0.508 e. The molecule has 0 aliphatic rings. The Morgan fingerprint density at radius 3 is 2.84 bits per heavy atom. The zero-order valence-electron chi connectivity index (χ0n) is 10.7. The van der Waals surface area contributed by atoms with Crippen LogP contribution >= 0.6 is 0 Å². The number of hydrogen-bond donors (Lipinski definition) is 2. The third-order valence-corrected chi connectivity index (χ3v) is 3.35. The van der Waals surface area contributed by atoms with Crippen molar-refractivity contribution < 1.29 is 5.11 Å². The van der Waals surface area contributed by atoms with Gasteiger partial charge < -0.3 is 15.4 Å². The molecule has 0 aliphatic carbocycles. The quantitative estimate of drug-likeness (QED) is 0.737. The fraction of sp³-hybridized carbons (Fsp3) is 0.133. The van der Waals surface area contributed by atoms with Crippen molar-refractivity contribution >= 4 is 10.9 Å². The second kappa shape index (κ2) is 4.40. The van der Waals surface area contributed by atoms with Gasteiger partial charge in [-0.3, -0.25) is 4.98 Å². The van der Waals surface area contributed by atoms with Crippen LogP contribution in [0.3, 0.4) is 0 Å². The minimum Gasteiger partial charge on any atom is -0.508 e. The van der Waals surface area contributed by atoms with Gasteiger partial charge >= 0.3 is 0 Å². The molecule has 2 aromatic heterocycles. The number of aryl methyl sites for hydroxylation is 1. The van der Waals surface area contributed by atoms with Gasteiger partial charge in [-0.25, -0.2) is 0 Å². The normalized spacial score (nSPS) is 11.1. The number of aromatic nitrogens is 2. The van der Waals surface area contributed by atoms with E-state index in [9.17, 15) is 5.11 Å². The van der Waals surface area contributed by atoms with Crippen molar-refractivity contribution in [2.45, 2.75) is 6.54 Å². The highest BCUT2D eigenvalue weighted by Crippen LogP contribution is 2.28. The minimum atomic E-state index is 0.272. The lowest BCUT2D eigenvalue weighted by Gasteiger charge is -2.05. The average molecular weight is 253 g/mol. The molecule has 2 heterocycles. The molecule has 0 unspecified atom stereocenters. The maximum Gasteiger partial charge on any atom is 0.116 e. The van der Waals surface area contributed by atoms with Crippen LogP contribution in [-0.4, -0.2) is 14.7 Å². The van der Waals surface area contributed by atoms with Gasteiger partial charge in [-0.05, 0) is 42.0 Å². The fourth-order valence-electron chi connectivity index (χ4n) is 2.32. The van der Waals surface area contributed by atoms with E-state index >= 15 is 0 Å². The summed E-state index contributed by atoms with van der Waals surface area (Å²) in [5.41, 5.74) is 9.68. The molecule has 3 aromatic rings. The van der Waals surface area contributed by atoms with Gasteiger partial charge in [-0.15, -0.1) is 0 Å². The number of nitrogens with zero attached hydrogens (tertiary/aromatic N) is 2. The summed E-state index contributed by atoms with van der Waals surface area (Å²) in [6, 6.07) is 11.3. The van der Waals surface area contributed by atoms with E-state index in [1.54, 1.807) is 18.3 Å². The topological polar surface area (TPSA) is 64.1 Å². The molecule has 0 fully saturated rings. The monoisotopic (exact) mass is 253 g/mol. The van der Waals surface area contributed by atoms with E-state index in [4.69, 9.17) is 5.73 Å². The van der Waals surface area contributed by atoms with E-state index in [1.807, 2.05) is 31.3 Å². The molecule has 0 spiro atoms. The molecule has 0 atom stereocenters. The molecule has 4 nitrogen and oxygen atoms in total. The third kappa shape index (κ3) is 1.96. The molecular formula is C15H15N3O.